The van der Waals surface area contributed by atoms with Gasteiger partial charge in [0.1, 0.15) is 0 Å². The zero-order chi connectivity index (χ0) is 18.8. The molecule has 2 unspecified atom stereocenters. The molecule has 0 aliphatic heterocycles. The molecule has 4 aliphatic rings. The molecule has 0 bridgehead atoms. The summed E-state index contributed by atoms with van der Waals surface area (Å²) in [6.45, 7) is 5.08. The predicted molar refractivity (Wildman–Crippen MR) is 105 cm³/mol. The van der Waals surface area contributed by atoms with Crippen molar-refractivity contribution < 1.29 is 9.52 Å². The molecule has 8 atom stereocenters. The summed E-state index contributed by atoms with van der Waals surface area (Å²) >= 11 is 0. The zero-order valence-electron chi connectivity index (χ0n) is 16.8. The van der Waals surface area contributed by atoms with Gasteiger partial charge in [0.2, 0.25) is 0 Å². The van der Waals surface area contributed by atoms with E-state index in [-0.39, 0.29) is 11.7 Å². The van der Waals surface area contributed by atoms with Crippen molar-refractivity contribution in [3.8, 4) is 0 Å². The highest BCUT2D eigenvalue weighted by Gasteiger charge is 2.60. The molecule has 5 rings (SSSR count). The Labute approximate surface area is 162 Å². The number of hydrogen-bond acceptors (Lipinski definition) is 3. The van der Waals surface area contributed by atoms with Gasteiger partial charge in [0.15, 0.2) is 0 Å². The molecule has 0 amide bonds. The second-order valence-corrected chi connectivity index (χ2v) is 10.6. The maximum absolute atomic E-state index is 11.4. The van der Waals surface area contributed by atoms with Crippen molar-refractivity contribution >= 4 is 0 Å². The summed E-state index contributed by atoms with van der Waals surface area (Å²) < 4.78 is 5.22. The van der Waals surface area contributed by atoms with Gasteiger partial charge in [-0.2, -0.15) is 0 Å². The monoisotopic (exact) mass is 370 g/mol. The lowest BCUT2D eigenvalue weighted by Crippen LogP contribution is -2.53. The van der Waals surface area contributed by atoms with E-state index in [1.165, 1.54) is 50.5 Å². The maximum Gasteiger partial charge on any atom is 0.335 e. The van der Waals surface area contributed by atoms with Crippen LogP contribution in [-0.4, -0.2) is 11.2 Å². The van der Waals surface area contributed by atoms with Crippen LogP contribution in [0.2, 0.25) is 0 Å². The molecule has 4 saturated carbocycles. The average molecular weight is 371 g/mol. The van der Waals surface area contributed by atoms with Crippen LogP contribution in [0.1, 0.15) is 83.1 Å². The van der Waals surface area contributed by atoms with Gasteiger partial charge in [-0.3, -0.25) is 0 Å². The van der Waals surface area contributed by atoms with Crippen molar-refractivity contribution in [1.82, 2.24) is 0 Å². The largest absolute Gasteiger partial charge is 0.431 e. The Hall–Kier alpha value is -1.09. The molecule has 3 heteroatoms. The molecule has 1 N–H and O–H groups in total. The van der Waals surface area contributed by atoms with Gasteiger partial charge in [-0.15, -0.1) is 0 Å². The minimum absolute atomic E-state index is 0.0583. The Morgan fingerprint density at radius 3 is 2.52 bits per heavy atom. The third-order valence-corrected chi connectivity index (χ3v) is 9.76. The molecule has 0 spiro atoms. The number of rotatable bonds is 1. The van der Waals surface area contributed by atoms with Gasteiger partial charge >= 0.3 is 5.63 Å². The van der Waals surface area contributed by atoms with Crippen molar-refractivity contribution in [2.24, 2.45) is 34.5 Å². The Balaban J connectivity index is 1.43. The van der Waals surface area contributed by atoms with Gasteiger partial charge in [0, 0.05) is 6.07 Å². The summed E-state index contributed by atoms with van der Waals surface area (Å²) in [6.07, 6.45) is 12.8. The van der Waals surface area contributed by atoms with Crippen LogP contribution in [0.15, 0.2) is 27.6 Å². The lowest BCUT2D eigenvalue weighted by Gasteiger charge is -2.61. The van der Waals surface area contributed by atoms with E-state index in [1.54, 1.807) is 12.3 Å². The number of hydrogen-bond donors (Lipinski definition) is 1. The fourth-order valence-corrected chi connectivity index (χ4v) is 8.35. The lowest BCUT2D eigenvalue weighted by molar-refractivity contribution is -0.122. The van der Waals surface area contributed by atoms with E-state index in [9.17, 15) is 9.90 Å². The number of aliphatic hydroxyl groups is 1. The first-order valence-corrected chi connectivity index (χ1v) is 11.2. The second kappa shape index (κ2) is 6.20. The Bertz CT molecular complexity index is 749. The molecular weight excluding hydrogens is 336 g/mol. The highest BCUT2D eigenvalue weighted by Crippen LogP contribution is 2.68. The van der Waals surface area contributed by atoms with Crippen molar-refractivity contribution in [3.63, 3.8) is 0 Å². The third kappa shape index (κ3) is 2.60. The number of aliphatic hydroxyl groups excluding tert-OH is 1. The maximum atomic E-state index is 11.4. The van der Waals surface area contributed by atoms with Crippen LogP contribution in [0.3, 0.4) is 0 Å². The molecule has 0 aromatic carbocycles. The van der Waals surface area contributed by atoms with Crippen LogP contribution in [0.4, 0.5) is 0 Å². The second-order valence-electron chi connectivity index (χ2n) is 10.6. The summed E-state index contributed by atoms with van der Waals surface area (Å²) in [6, 6.07) is 3.61. The molecule has 4 aliphatic carbocycles. The van der Waals surface area contributed by atoms with Crippen LogP contribution in [0.5, 0.6) is 0 Å². The van der Waals surface area contributed by atoms with E-state index in [0.29, 0.717) is 16.7 Å². The quantitative estimate of drug-likeness (QED) is 0.746. The first kappa shape index (κ1) is 18.0. The van der Waals surface area contributed by atoms with Gasteiger partial charge < -0.3 is 9.52 Å². The molecule has 3 nitrogen and oxygen atoms in total. The molecule has 0 saturated heterocycles. The van der Waals surface area contributed by atoms with Gasteiger partial charge in [0.05, 0.1) is 12.4 Å². The Morgan fingerprint density at radius 2 is 1.74 bits per heavy atom. The SMILES string of the molecule is C[C@]12CC[C@H]3[C@@H](CCC4CC(O)CC[C@@]43C)[C@H]1CC[C@@H]2c1ccc(=O)oc1. The fraction of sp³-hybridized carbons (Fsp3) is 0.792. The van der Waals surface area contributed by atoms with Crippen LogP contribution < -0.4 is 5.63 Å². The molecule has 1 heterocycles. The van der Waals surface area contributed by atoms with Gasteiger partial charge in [-0.05, 0) is 110 Å². The van der Waals surface area contributed by atoms with E-state index in [0.717, 1.165) is 36.5 Å². The summed E-state index contributed by atoms with van der Waals surface area (Å²) in [5, 5.41) is 10.2. The summed E-state index contributed by atoms with van der Waals surface area (Å²) in [7, 11) is 0. The first-order chi connectivity index (χ1) is 12.9. The smallest absolute Gasteiger partial charge is 0.335 e. The minimum Gasteiger partial charge on any atom is -0.431 e. The molecule has 1 aromatic heterocycles. The third-order valence-electron chi connectivity index (χ3n) is 9.76. The van der Waals surface area contributed by atoms with E-state index < -0.39 is 0 Å². The van der Waals surface area contributed by atoms with Crippen molar-refractivity contribution in [2.75, 3.05) is 0 Å². The van der Waals surface area contributed by atoms with Crippen molar-refractivity contribution in [2.45, 2.75) is 83.7 Å². The molecular formula is C24H34O3. The number of fused-ring (bicyclic) bond motifs is 5. The van der Waals surface area contributed by atoms with Crippen LogP contribution in [0, 0.1) is 34.5 Å². The van der Waals surface area contributed by atoms with Gasteiger partial charge in [-0.1, -0.05) is 13.8 Å². The highest BCUT2D eigenvalue weighted by atomic mass is 16.4. The van der Waals surface area contributed by atoms with Crippen LogP contribution >= 0.6 is 0 Å². The molecule has 0 radical (unpaired) electrons. The minimum atomic E-state index is -0.243. The fourth-order valence-electron chi connectivity index (χ4n) is 8.35. The van der Waals surface area contributed by atoms with E-state index in [1.807, 2.05) is 6.07 Å². The Morgan fingerprint density at radius 1 is 0.963 bits per heavy atom. The zero-order valence-corrected chi connectivity index (χ0v) is 16.8. The molecule has 4 fully saturated rings. The van der Waals surface area contributed by atoms with Crippen LogP contribution in [-0.2, 0) is 0 Å². The Kier molecular flexibility index (Phi) is 4.13. The van der Waals surface area contributed by atoms with E-state index >= 15 is 0 Å². The lowest BCUT2D eigenvalue weighted by atomic mass is 9.44. The predicted octanol–water partition coefficient (Wildman–Crippen LogP) is 5.13. The van der Waals surface area contributed by atoms with E-state index in [2.05, 4.69) is 13.8 Å². The summed E-state index contributed by atoms with van der Waals surface area (Å²) in [5.41, 5.74) is 1.78. The summed E-state index contributed by atoms with van der Waals surface area (Å²) in [5.74, 6) is 3.76. The van der Waals surface area contributed by atoms with Crippen molar-refractivity contribution in [3.05, 3.63) is 34.4 Å². The molecule has 148 valence electrons. The van der Waals surface area contributed by atoms with Gasteiger partial charge in [-0.25, -0.2) is 4.79 Å². The molecule has 1 aromatic rings. The van der Waals surface area contributed by atoms with Gasteiger partial charge in [0.25, 0.3) is 0 Å². The topological polar surface area (TPSA) is 50.4 Å². The van der Waals surface area contributed by atoms with Crippen LogP contribution in [0.25, 0.3) is 0 Å². The molecule has 27 heavy (non-hydrogen) atoms. The normalized spacial score (nSPS) is 49.1. The van der Waals surface area contributed by atoms with Crippen molar-refractivity contribution in [1.29, 1.82) is 0 Å². The first-order valence-electron chi connectivity index (χ1n) is 11.2. The van der Waals surface area contributed by atoms with E-state index in [4.69, 9.17) is 4.42 Å². The highest BCUT2D eigenvalue weighted by molar-refractivity contribution is 5.22. The standard InChI is InChI=1S/C24H34O3/c1-23-11-9-17(25)13-16(23)4-5-18-20-7-6-19(15-3-8-22(26)27-14-15)24(20,2)12-10-21(18)23/h3,8,14,16-21,25H,4-7,9-13H2,1-2H3/t16?,17?,18-,19+,20+,21-,23-,24+/m0/s1. The summed E-state index contributed by atoms with van der Waals surface area (Å²) in [4.78, 5) is 11.4. The average Bonchev–Trinajstić information content (AvgIpc) is 3.00.